The smallest absolute Gasteiger partial charge is 0.165 e. The number of aryl methyl sites for hydroxylation is 1. The summed E-state index contributed by atoms with van der Waals surface area (Å²) in [6.07, 6.45) is -0.606. The van der Waals surface area contributed by atoms with Crippen molar-refractivity contribution in [2.24, 2.45) is 0 Å². The van der Waals surface area contributed by atoms with Crippen LogP contribution in [0.2, 0.25) is 0 Å². The number of aliphatic hydroxyl groups excluding tert-OH is 1. The average molecular weight is 267 g/mol. The third-order valence-corrected chi connectivity index (χ3v) is 3.74. The molecular formula is C13H14FNO2S. The van der Waals surface area contributed by atoms with Crippen LogP contribution in [-0.4, -0.2) is 17.2 Å². The number of nitrogens with zero attached hydrogens (tertiary/aromatic N) is 1. The molecule has 1 N–H and O–H groups in total. The second-order valence-corrected chi connectivity index (χ2v) is 5.22. The van der Waals surface area contributed by atoms with Crippen LogP contribution in [0.15, 0.2) is 18.2 Å². The van der Waals surface area contributed by atoms with Gasteiger partial charge in [0.2, 0.25) is 0 Å². The number of ether oxygens (including phenoxy) is 1. The van der Waals surface area contributed by atoms with Crippen LogP contribution in [-0.2, 0) is 0 Å². The van der Waals surface area contributed by atoms with Crippen molar-refractivity contribution in [1.29, 1.82) is 0 Å². The monoisotopic (exact) mass is 267 g/mol. The topological polar surface area (TPSA) is 42.4 Å². The SMILES string of the molecule is COc1ccc(-c2nc(C(C)O)sc2C)cc1F. The van der Waals surface area contributed by atoms with Crippen molar-refractivity contribution in [3.8, 4) is 17.0 Å². The van der Waals surface area contributed by atoms with E-state index in [1.165, 1.54) is 24.5 Å². The molecule has 0 amide bonds. The summed E-state index contributed by atoms with van der Waals surface area (Å²) in [5.74, 6) is -0.205. The van der Waals surface area contributed by atoms with Gasteiger partial charge in [-0.2, -0.15) is 0 Å². The number of benzene rings is 1. The highest BCUT2D eigenvalue weighted by Crippen LogP contribution is 2.32. The second kappa shape index (κ2) is 5.04. The number of rotatable bonds is 3. The van der Waals surface area contributed by atoms with Gasteiger partial charge in [-0.05, 0) is 32.0 Å². The summed E-state index contributed by atoms with van der Waals surface area (Å²) >= 11 is 1.42. The van der Waals surface area contributed by atoms with Crippen molar-refractivity contribution in [1.82, 2.24) is 4.98 Å². The van der Waals surface area contributed by atoms with Gasteiger partial charge in [0.1, 0.15) is 11.1 Å². The summed E-state index contributed by atoms with van der Waals surface area (Å²) in [5, 5.41) is 10.1. The van der Waals surface area contributed by atoms with E-state index in [4.69, 9.17) is 4.74 Å². The summed E-state index contributed by atoms with van der Waals surface area (Å²) in [5.41, 5.74) is 1.39. The van der Waals surface area contributed by atoms with Gasteiger partial charge in [-0.3, -0.25) is 0 Å². The Balaban J connectivity index is 2.45. The summed E-state index contributed by atoms with van der Waals surface area (Å²) in [6.45, 7) is 3.57. The Morgan fingerprint density at radius 1 is 1.44 bits per heavy atom. The van der Waals surface area contributed by atoms with Crippen LogP contribution in [0, 0.1) is 12.7 Å². The van der Waals surface area contributed by atoms with Crippen LogP contribution in [0.1, 0.15) is 22.9 Å². The molecule has 1 aromatic carbocycles. The molecule has 0 aliphatic heterocycles. The van der Waals surface area contributed by atoms with Crippen LogP contribution in [0.3, 0.4) is 0 Å². The van der Waals surface area contributed by atoms with Crippen molar-refractivity contribution in [3.05, 3.63) is 33.9 Å². The predicted octanol–water partition coefficient (Wildman–Crippen LogP) is 3.32. The lowest BCUT2D eigenvalue weighted by atomic mass is 10.1. The lowest BCUT2D eigenvalue weighted by Gasteiger charge is -2.04. The Morgan fingerprint density at radius 2 is 2.17 bits per heavy atom. The summed E-state index contributed by atoms with van der Waals surface area (Å²) in [4.78, 5) is 5.29. The van der Waals surface area contributed by atoms with Gasteiger partial charge >= 0.3 is 0 Å². The van der Waals surface area contributed by atoms with Crippen LogP contribution in [0.4, 0.5) is 4.39 Å². The summed E-state index contributed by atoms with van der Waals surface area (Å²) in [6, 6.07) is 4.73. The molecule has 18 heavy (non-hydrogen) atoms. The minimum atomic E-state index is -0.606. The fourth-order valence-corrected chi connectivity index (χ4v) is 2.56. The van der Waals surface area contributed by atoms with E-state index in [0.717, 1.165) is 4.88 Å². The molecule has 0 fully saturated rings. The first-order chi connectivity index (χ1) is 8.52. The van der Waals surface area contributed by atoms with Gasteiger partial charge in [0.25, 0.3) is 0 Å². The zero-order chi connectivity index (χ0) is 13.3. The maximum absolute atomic E-state index is 13.6. The Bertz CT molecular complexity index is 566. The Kier molecular flexibility index (Phi) is 3.63. The molecule has 5 heteroatoms. The van der Waals surface area contributed by atoms with Gasteiger partial charge in [0.15, 0.2) is 11.6 Å². The molecule has 1 atom stereocenters. The van der Waals surface area contributed by atoms with Gasteiger partial charge in [-0.1, -0.05) is 0 Å². The highest BCUT2D eigenvalue weighted by molar-refractivity contribution is 7.12. The molecule has 1 unspecified atom stereocenters. The van der Waals surface area contributed by atoms with E-state index in [9.17, 15) is 9.50 Å². The minimum Gasteiger partial charge on any atom is -0.494 e. The fraction of sp³-hybridized carbons (Fsp3) is 0.308. The quantitative estimate of drug-likeness (QED) is 0.927. The molecule has 2 rings (SSSR count). The van der Waals surface area contributed by atoms with E-state index in [2.05, 4.69) is 4.98 Å². The van der Waals surface area contributed by atoms with E-state index < -0.39 is 11.9 Å². The van der Waals surface area contributed by atoms with E-state index in [0.29, 0.717) is 16.3 Å². The first-order valence-electron chi connectivity index (χ1n) is 5.52. The minimum absolute atomic E-state index is 0.211. The molecule has 0 radical (unpaired) electrons. The van der Waals surface area contributed by atoms with Gasteiger partial charge in [0.05, 0.1) is 12.8 Å². The first-order valence-corrected chi connectivity index (χ1v) is 6.34. The zero-order valence-corrected chi connectivity index (χ0v) is 11.2. The number of thiazole rings is 1. The lowest BCUT2D eigenvalue weighted by Crippen LogP contribution is -1.91. The van der Waals surface area contributed by atoms with Gasteiger partial charge < -0.3 is 9.84 Å². The standard InChI is InChI=1S/C13H14FNO2S/c1-7(16)13-15-12(8(2)18-13)9-4-5-11(17-3)10(14)6-9/h4-7,16H,1-3H3. The zero-order valence-electron chi connectivity index (χ0n) is 10.4. The molecule has 2 aromatic rings. The average Bonchev–Trinajstić information content (AvgIpc) is 2.71. The summed E-state index contributed by atoms with van der Waals surface area (Å²) in [7, 11) is 1.43. The maximum atomic E-state index is 13.6. The third-order valence-electron chi connectivity index (χ3n) is 2.60. The maximum Gasteiger partial charge on any atom is 0.165 e. The number of aromatic nitrogens is 1. The van der Waals surface area contributed by atoms with Crippen LogP contribution in [0.25, 0.3) is 11.3 Å². The number of halogens is 1. The largest absolute Gasteiger partial charge is 0.494 e. The molecule has 0 aliphatic rings. The lowest BCUT2D eigenvalue weighted by molar-refractivity contribution is 0.199. The Labute approximate surface area is 109 Å². The first kappa shape index (κ1) is 13.0. The van der Waals surface area contributed by atoms with E-state index in [1.807, 2.05) is 6.92 Å². The van der Waals surface area contributed by atoms with Gasteiger partial charge in [-0.25, -0.2) is 9.37 Å². The molecule has 0 saturated carbocycles. The third kappa shape index (κ3) is 2.37. The molecule has 0 aliphatic carbocycles. The molecule has 3 nitrogen and oxygen atoms in total. The van der Waals surface area contributed by atoms with E-state index in [1.54, 1.807) is 19.1 Å². The fourth-order valence-electron chi connectivity index (χ4n) is 1.68. The predicted molar refractivity (Wildman–Crippen MR) is 69.4 cm³/mol. The van der Waals surface area contributed by atoms with Crippen molar-refractivity contribution < 1.29 is 14.2 Å². The van der Waals surface area contributed by atoms with Crippen molar-refractivity contribution in [3.63, 3.8) is 0 Å². The molecule has 0 saturated heterocycles. The van der Waals surface area contributed by atoms with E-state index >= 15 is 0 Å². The highest BCUT2D eigenvalue weighted by Gasteiger charge is 2.14. The van der Waals surface area contributed by atoms with Gasteiger partial charge in [0, 0.05) is 10.4 Å². The molecule has 1 aromatic heterocycles. The van der Waals surface area contributed by atoms with Crippen molar-refractivity contribution in [2.45, 2.75) is 20.0 Å². The summed E-state index contributed by atoms with van der Waals surface area (Å²) < 4.78 is 18.5. The van der Waals surface area contributed by atoms with Crippen molar-refractivity contribution in [2.75, 3.05) is 7.11 Å². The van der Waals surface area contributed by atoms with Crippen molar-refractivity contribution >= 4 is 11.3 Å². The molecule has 0 spiro atoms. The molecule has 1 heterocycles. The molecule has 0 bridgehead atoms. The normalized spacial score (nSPS) is 12.5. The number of hydrogen-bond acceptors (Lipinski definition) is 4. The van der Waals surface area contributed by atoms with Crippen LogP contribution < -0.4 is 4.74 Å². The molecule has 96 valence electrons. The van der Waals surface area contributed by atoms with Gasteiger partial charge in [-0.15, -0.1) is 11.3 Å². The second-order valence-electron chi connectivity index (χ2n) is 3.98. The van der Waals surface area contributed by atoms with Crippen LogP contribution >= 0.6 is 11.3 Å². The highest BCUT2D eigenvalue weighted by atomic mass is 32.1. The number of hydrogen-bond donors (Lipinski definition) is 1. The van der Waals surface area contributed by atoms with Crippen LogP contribution in [0.5, 0.6) is 5.75 Å². The van der Waals surface area contributed by atoms with E-state index in [-0.39, 0.29) is 5.75 Å². The Morgan fingerprint density at radius 3 is 2.67 bits per heavy atom. The number of methoxy groups -OCH3 is 1. The number of aliphatic hydroxyl groups is 1. The molecular weight excluding hydrogens is 253 g/mol. The Hall–Kier alpha value is -1.46.